The van der Waals surface area contributed by atoms with Gasteiger partial charge in [-0.2, -0.15) is 0 Å². The Balaban J connectivity index is 1.47. The molecule has 0 saturated carbocycles. The Labute approximate surface area is 141 Å². The standard InChI is InChI=1S/C16H20N6S/c1-12-9-18-15(19-10-12)22-7-4-13(5-8-22)20-16(23)21-14-3-2-6-17-11-14/h2-3,6,9-11,13H,4-5,7-8H2,1H3,(H2,20,21,23). The van der Waals surface area contributed by atoms with Crippen LogP contribution in [0.5, 0.6) is 0 Å². The predicted molar refractivity (Wildman–Crippen MR) is 95.6 cm³/mol. The molecular formula is C16H20N6S. The van der Waals surface area contributed by atoms with Crippen LogP contribution >= 0.6 is 12.2 Å². The van der Waals surface area contributed by atoms with Gasteiger partial charge in [-0.15, -0.1) is 0 Å². The van der Waals surface area contributed by atoms with Gasteiger partial charge >= 0.3 is 0 Å². The summed E-state index contributed by atoms with van der Waals surface area (Å²) in [5.41, 5.74) is 1.98. The smallest absolute Gasteiger partial charge is 0.225 e. The summed E-state index contributed by atoms with van der Waals surface area (Å²) in [6.07, 6.45) is 9.23. The third-order valence-electron chi connectivity index (χ3n) is 3.80. The van der Waals surface area contributed by atoms with E-state index in [9.17, 15) is 0 Å². The zero-order valence-electron chi connectivity index (χ0n) is 13.1. The van der Waals surface area contributed by atoms with E-state index in [1.165, 1.54) is 0 Å². The monoisotopic (exact) mass is 328 g/mol. The molecule has 2 aromatic rings. The Morgan fingerprint density at radius 1 is 1.22 bits per heavy atom. The number of rotatable bonds is 3. The van der Waals surface area contributed by atoms with Crippen molar-refractivity contribution in [1.29, 1.82) is 0 Å². The maximum Gasteiger partial charge on any atom is 0.225 e. The van der Waals surface area contributed by atoms with Crippen LogP contribution < -0.4 is 15.5 Å². The van der Waals surface area contributed by atoms with Crippen molar-refractivity contribution in [2.75, 3.05) is 23.3 Å². The first-order valence-corrected chi connectivity index (χ1v) is 8.12. The predicted octanol–water partition coefficient (Wildman–Crippen LogP) is 2.14. The first-order chi connectivity index (χ1) is 11.2. The first-order valence-electron chi connectivity index (χ1n) is 7.72. The highest BCUT2D eigenvalue weighted by Crippen LogP contribution is 2.16. The minimum atomic E-state index is 0.369. The summed E-state index contributed by atoms with van der Waals surface area (Å²) in [5.74, 6) is 0.810. The number of hydrogen-bond acceptors (Lipinski definition) is 5. The Kier molecular flexibility index (Phi) is 4.97. The van der Waals surface area contributed by atoms with Crippen molar-refractivity contribution in [3.63, 3.8) is 0 Å². The Hall–Kier alpha value is -2.28. The third kappa shape index (κ3) is 4.35. The second kappa shape index (κ2) is 7.32. The number of aromatic nitrogens is 3. The van der Waals surface area contributed by atoms with Crippen LogP contribution in [0, 0.1) is 6.92 Å². The molecule has 0 aliphatic carbocycles. The van der Waals surface area contributed by atoms with Gasteiger partial charge in [-0.25, -0.2) is 9.97 Å². The highest BCUT2D eigenvalue weighted by molar-refractivity contribution is 7.80. The molecule has 0 spiro atoms. The largest absolute Gasteiger partial charge is 0.360 e. The summed E-state index contributed by atoms with van der Waals surface area (Å²) < 4.78 is 0. The van der Waals surface area contributed by atoms with Crippen LogP contribution in [-0.2, 0) is 0 Å². The number of nitrogens with one attached hydrogen (secondary N) is 2. The van der Waals surface area contributed by atoms with Crippen LogP contribution in [0.2, 0.25) is 0 Å². The van der Waals surface area contributed by atoms with E-state index in [1.807, 2.05) is 31.5 Å². The number of thiocarbonyl (C=S) groups is 1. The van der Waals surface area contributed by atoms with Gasteiger partial charge in [-0.05, 0) is 49.7 Å². The number of anilines is 2. The molecule has 0 radical (unpaired) electrons. The summed E-state index contributed by atoms with van der Waals surface area (Å²) in [4.78, 5) is 15.1. The number of aryl methyl sites for hydroxylation is 1. The van der Waals surface area contributed by atoms with Gasteiger partial charge in [0.15, 0.2) is 5.11 Å². The average Bonchev–Trinajstić information content (AvgIpc) is 2.57. The van der Waals surface area contributed by atoms with Crippen molar-refractivity contribution in [2.45, 2.75) is 25.8 Å². The molecule has 2 aromatic heterocycles. The van der Waals surface area contributed by atoms with E-state index in [1.54, 1.807) is 12.4 Å². The Morgan fingerprint density at radius 2 is 1.96 bits per heavy atom. The molecule has 1 fully saturated rings. The van der Waals surface area contributed by atoms with Crippen LogP contribution in [-0.4, -0.2) is 39.2 Å². The molecule has 0 unspecified atom stereocenters. The molecule has 23 heavy (non-hydrogen) atoms. The van der Waals surface area contributed by atoms with Gasteiger partial charge in [0.1, 0.15) is 0 Å². The Bertz CT molecular complexity index is 637. The molecule has 0 bridgehead atoms. The molecule has 1 saturated heterocycles. The van der Waals surface area contributed by atoms with Gasteiger partial charge in [0.2, 0.25) is 5.95 Å². The van der Waals surface area contributed by atoms with Gasteiger partial charge in [-0.1, -0.05) is 0 Å². The molecule has 0 aromatic carbocycles. The molecule has 3 rings (SSSR count). The van der Waals surface area contributed by atoms with E-state index in [0.717, 1.165) is 43.1 Å². The van der Waals surface area contributed by atoms with Crippen LogP contribution in [0.4, 0.5) is 11.6 Å². The van der Waals surface area contributed by atoms with E-state index >= 15 is 0 Å². The number of nitrogens with zero attached hydrogens (tertiary/aromatic N) is 4. The fourth-order valence-corrected chi connectivity index (χ4v) is 2.85. The molecule has 0 atom stereocenters. The van der Waals surface area contributed by atoms with Gasteiger partial charge < -0.3 is 15.5 Å². The van der Waals surface area contributed by atoms with Crippen molar-refractivity contribution in [2.24, 2.45) is 0 Å². The topological polar surface area (TPSA) is 66.0 Å². The number of hydrogen-bond donors (Lipinski definition) is 2. The zero-order valence-corrected chi connectivity index (χ0v) is 13.9. The summed E-state index contributed by atoms with van der Waals surface area (Å²) in [5, 5.41) is 7.17. The third-order valence-corrected chi connectivity index (χ3v) is 4.02. The lowest BCUT2D eigenvalue weighted by Crippen LogP contribution is -2.46. The van der Waals surface area contributed by atoms with Crippen molar-refractivity contribution < 1.29 is 0 Å². The molecular weight excluding hydrogens is 308 g/mol. The molecule has 2 N–H and O–H groups in total. The van der Waals surface area contributed by atoms with E-state index in [4.69, 9.17) is 12.2 Å². The SMILES string of the molecule is Cc1cnc(N2CCC(NC(=S)Nc3cccnc3)CC2)nc1. The van der Waals surface area contributed by atoms with Crippen molar-refractivity contribution >= 4 is 29.0 Å². The maximum atomic E-state index is 5.37. The van der Waals surface area contributed by atoms with Gasteiger partial charge in [0.05, 0.1) is 11.9 Å². The molecule has 3 heterocycles. The molecule has 120 valence electrons. The lowest BCUT2D eigenvalue weighted by molar-refractivity contribution is 0.463. The normalized spacial score (nSPS) is 15.3. The fourth-order valence-electron chi connectivity index (χ4n) is 2.56. The molecule has 1 aliphatic rings. The number of pyridine rings is 1. The highest BCUT2D eigenvalue weighted by atomic mass is 32.1. The molecule has 7 heteroatoms. The number of piperidine rings is 1. The lowest BCUT2D eigenvalue weighted by Gasteiger charge is -2.32. The Morgan fingerprint density at radius 3 is 2.61 bits per heavy atom. The van der Waals surface area contributed by atoms with Crippen LogP contribution in [0.3, 0.4) is 0 Å². The average molecular weight is 328 g/mol. The van der Waals surface area contributed by atoms with Crippen molar-refractivity contribution in [3.8, 4) is 0 Å². The second-order valence-electron chi connectivity index (χ2n) is 5.66. The minimum Gasteiger partial charge on any atom is -0.360 e. The summed E-state index contributed by atoms with van der Waals surface area (Å²) in [6.45, 7) is 3.85. The summed E-state index contributed by atoms with van der Waals surface area (Å²) in [7, 11) is 0. The molecule has 1 aliphatic heterocycles. The second-order valence-corrected chi connectivity index (χ2v) is 6.07. The molecule has 0 amide bonds. The lowest BCUT2D eigenvalue weighted by atomic mass is 10.1. The highest BCUT2D eigenvalue weighted by Gasteiger charge is 2.21. The van der Waals surface area contributed by atoms with Crippen LogP contribution in [0.25, 0.3) is 0 Å². The van der Waals surface area contributed by atoms with Gasteiger partial charge in [-0.3, -0.25) is 4.98 Å². The van der Waals surface area contributed by atoms with Gasteiger partial charge in [0, 0.05) is 37.7 Å². The summed E-state index contributed by atoms with van der Waals surface area (Å²) >= 11 is 5.37. The minimum absolute atomic E-state index is 0.369. The van der Waals surface area contributed by atoms with E-state index in [2.05, 4.69) is 30.5 Å². The van der Waals surface area contributed by atoms with Crippen LogP contribution in [0.15, 0.2) is 36.9 Å². The van der Waals surface area contributed by atoms with Gasteiger partial charge in [0.25, 0.3) is 0 Å². The van der Waals surface area contributed by atoms with E-state index in [-0.39, 0.29) is 0 Å². The van der Waals surface area contributed by atoms with Crippen LogP contribution in [0.1, 0.15) is 18.4 Å². The van der Waals surface area contributed by atoms with Crippen molar-refractivity contribution in [3.05, 3.63) is 42.5 Å². The quantitative estimate of drug-likeness (QED) is 0.837. The van der Waals surface area contributed by atoms with E-state index in [0.29, 0.717) is 11.2 Å². The zero-order chi connectivity index (χ0) is 16.1. The maximum absolute atomic E-state index is 5.37. The fraction of sp³-hybridized carbons (Fsp3) is 0.375. The first kappa shape index (κ1) is 15.6. The summed E-state index contributed by atoms with van der Waals surface area (Å²) in [6, 6.07) is 4.19. The molecule has 6 nitrogen and oxygen atoms in total. The van der Waals surface area contributed by atoms with E-state index < -0.39 is 0 Å². The van der Waals surface area contributed by atoms with Crippen molar-refractivity contribution in [1.82, 2.24) is 20.3 Å².